The van der Waals surface area contributed by atoms with E-state index in [1.165, 1.54) is 15.6 Å². The first kappa shape index (κ1) is 16.8. The van der Waals surface area contributed by atoms with Gasteiger partial charge in [0.05, 0.1) is 11.7 Å². The first-order valence-corrected chi connectivity index (χ1v) is 9.76. The molecule has 0 bridgehead atoms. The van der Waals surface area contributed by atoms with E-state index in [4.69, 9.17) is 0 Å². The Morgan fingerprint density at radius 2 is 1.71 bits per heavy atom. The predicted molar refractivity (Wildman–Crippen MR) is 96.5 cm³/mol. The van der Waals surface area contributed by atoms with Crippen molar-refractivity contribution in [3.8, 4) is 0 Å². The number of thiophene rings is 1. The molecule has 1 unspecified atom stereocenters. The molecule has 0 aliphatic rings. The summed E-state index contributed by atoms with van der Waals surface area (Å²) in [5.41, 5.74) is 1.58. The third-order valence-electron chi connectivity index (χ3n) is 3.80. The Bertz CT molecular complexity index is 867. The van der Waals surface area contributed by atoms with E-state index in [1.807, 2.05) is 61.5 Å². The van der Waals surface area contributed by atoms with Crippen LogP contribution < -0.4 is 0 Å². The molecule has 1 aromatic carbocycles. The number of aryl methyl sites for hydroxylation is 1. The second-order valence-electron chi connectivity index (χ2n) is 5.45. The number of benzene rings is 1. The lowest BCUT2D eigenvalue weighted by Gasteiger charge is -2.27. The number of pyridine rings is 1. The molecule has 2 aromatic heterocycles. The van der Waals surface area contributed by atoms with Gasteiger partial charge in [-0.2, -0.15) is 4.31 Å². The topological polar surface area (TPSA) is 50.3 Å². The molecule has 2 heterocycles. The monoisotopic (exact) mass is 358 g/mol. The average molecular weight is 358 g/mol. The number of nitrogens with zero attached hydrogens (tertiary/aromatic N) is 2. The summed E-state index contributed by atoms with van der Waals surface area (Å²) in [5, 5.41) is 0. The minimum absolute atomic E-state index is 0.347. The van der Waals surface area contributed by atoms with Crippen LogP contribution in [0, 0.1) is 6.92 Å². The molecule has 0 aliphatic carbocycles. The molecular weight excluding hydrogens is 340 g/mol. The fourth-order valence-electron chi connectivity index (χ4n) is 2.57. The zero-order valence-electron chi connectivity index (χ0n) is 13.5. The standard InChI is InChI=1S/C18H18N2O2S2/c1-14-11-12-17(23-14)24(21,22)20(2)18(15-8-4-3-5-9-15)16-10-6-7-13-19-16/h3-13,18H,1-2H3. The van der Waals surface area contributed by atoms with E-state index in [0.29, 0.717) is 9.90 Å². The highest BCUT2D eigenvalue weighted by Gasteiger charge is 2.31. The summed E-state index contributed by atoms with van der Waals surface area (Å²) in [6, 6.07) is 18.1. The van der Waals surface area contributed by atoms with Crippen molar-refractivity contribution in [1.29, 1.82) is 0 Å². The summed E-state index contributed by atoms with van der Waals surface area (Å²) < 4.78 is 27.8. The van der Waals surface area contributed by atoms with E-state index in [2.05, 4.69) is 4.98 Å². The largest absolute Gasteiger partial charge is 0.259 e. The van der Waals surface area contributed by atoms with Crippen molar-refractivity contribution in [3.63, 3.8) is 0 Å². The molecule has 0 saturated heterocycles. The van der Waals surface area contributed by atoms with Gasteiger partial charge in [0.25, 0.3) is 10.0 Å². The summed E-state index contributed by atoms with van der Waals surface area (Å²) in [7, 11) is -1.99. The van der Waals surface area contributed by atoms with Crippen LogP contribution in [0.2, 0.25) is 0 Å². The van der Waals surface area contributed by atoms with Gasteiger partial charge in [-0.3, -0.25) is 4.98 Å². The van der Waals surface area contributed by atoms with Crippen LogP contribution in [-0.4, -0.2) is 24.8 Å². The zero-order chi connectivity index (χ0) is 17.2. The number of sulfonamides is 1. The minimum Gasteiger partial charge on any atom is -0.259 e. The van der Waals surface area contributed by atoms with Gasteiger partial charge in [0, 0.05) is 18.1 Å². The lowest BCUT2D eigenvalue weighted by atomic mass is 10.0. The number of hydrogen-bond donors (Lipinski definition) is 0. The first-order valence-electron chi connectivity index (χ1n) is 7.50. The van der Waals surface area contributed by atoms with Gasteiger partial charge in [0.15, 0.2) is 0 Å². The van der Waals surface area contributed by atoms with Crippen molar-refractivity contribution in [2.45, 2.75) is 17.2 Å². The molecule has 0 radical (unpaired) electrons. The van der Waals surface area contributed by atoms with E-state index in [0.717, 1.165) is 10.4 Å². The molecule has 3 rings (SSSR count). The third kappa shape index (κ3) is 3.26. The zero-order valence-corrected chi connectivity index (χ0v) is 15.1. The van der Waals surface area contributed by atoms with Crippen LogP contribution in [-0.2, 0) is 10.0 Å². The molecule has 124 valence electrons. The molecule has 6 heteroatoms. The van der Waals surface area contributed by atoms with Crippen molar-refractivity contribution in [2.75, 3.05) is 7.05 Å². The Morgan fingerprint density at radius 3 is 2.29 bits per heavy atom. The fraction of sp³-hybridized carbons (Fsp3) is 0.167. The van der Waals surface area contributed by atoms with Gasteiger partial charge in [-0.25, -0.2) is 8.42 Å². The molecule has 0 fully saturated rings. The second-order valence-corrected chi connectivity index (χ2v) is 8.97. The molecule has 0 N–H and O–H groups in total. The lowest BCUT2D eigenvalue weighted by Crippen LogP contribution is -2.32. The SMILES string of the molecule is Cc1ccc(S(=O)(=O)N(C)C(c2ccccc2)c2ccccn2)s1. The summed E-state index contributed by atoms with van der Waals surface area (Å²) in [4.78, 5) is 5.35. The summed E-state index contributed by atoms with van der Waals surface area (Å²) in [6.45, 7) is 1.90. The lowest BCUT2D eigenvalue weighted by molar-refractivity contribution is 0.413. The van der Waals surface area contributed by atoms with Crippen LogP contribution >= 0.6 is 11.3 Å². The maximum Gasteiger partial charge on any atom is 0.253 e. The van der Waals surface area contributed by atoms with E-state index < -0.39 is 16.1 Å². The maximum atomic E-state index is 13.0. The Kier molecular flexibility index (Phi) is 4.80. The van der Waals surface area contributed by atoms with Gasteiger partial charge in [0.2, 0.25) is 0 Å². The molecular formula is C18H18N2O2S2. The Balaban J connectivity index is 2.09. The third-order valence-corrected chi connectivity index (χ3v) is 7.09. The Hall–Kier alpha value is -2.02. The van der Waals surface area contributed by atoms with E-state index in [9.17, 15) is 8.42 Å². The summed E-state index contributed by atoms with van der Waals surface area (Å²) >= 11 is 1.28. The van der Waals surface area contributed by atoms with Crippen LogP contribution in [0.15, 0.2) is 71.1 Å². The van der Waals surface area contributed by atoms with Gasteiger partial charge < -0.3 is 0 Å². The smallest absolute Gasteiger partial charge is 0.253 e. The number of aromatic nitrogens is 1. The quantitative estimate of drug-likeness (QED) is 0.696. The first-order chi connectivity index (χ1) is 11.5. The number of hydrogen-bond acceptors (Lipinski definition) is 4. The molecule has 24 heavy (non-hydrogen) atoms. The molecule has 0 saturated carbocycles. The van der Waals surface area contributed by atoms with Crippen LogP contribution in [0.3, 0.4) is 0 Å². The van der Waals surface area contributed by atoms with Crippen LogP contribution in [0.4, 0.5) is 0 Å². The molecule has 4 nitrogen and oxygen atoms in total. The Morgan fingerprint density at radius 1 is 1.00 bits per heavy atom. The van der Waals surface area contributed by atoms with Gasteiger partial charge in [0.1, 0.15) is 4.21 Å². The number of rotatable bonds is 5. The van der Waals surface area contributed by atoms with Crippen molar-refractivity contribution in [2.24, 2.45) is 0 Å². The highest BCUT2D eigenvalue weighted by atomic mass is 32.2. The normalized spacial score (nSPS) is 13.1. The molecule has 0 spiro atoms. The minimum atomic E-state index is -3.60. The van der Waals surface area contributed by atoms with Crippen molar-refractivity contribution < 1.29 is 8.42 Å². The second kappa shape index (κ2) is 6.84. The van der Waals surface area contributed by atoms with Gasteiger partial charge in [-0.15, -0.1) is 11.3 Å². The van der Waals surface area contributed by atoms with Crippen molar-refractivity contribution >= 4 is 21.4 Å². The Labute approximate surface area is 146 Å². The molecule has 3 aromatic rings. The maximum absolute atomic E-state index is 13.0. The fourth-order valence-corrected chi connectivity index (χ4v) is 5.36. The molecule has 1 atom stereocenters. The van der Waals surface area contributed by atoms with Crippen molar-refractivity contribution in [3.05, 3.63) is 83.0 Å². The van der Waals surface area contributed by atoms with E-state index >= 15 is 0 Å². The van der Waals surface area contributed by atoms with E-state index in [1.54, 1.807) is 19.3 Å². The van der Waals surface area contributed by atoms with Crippen LogP contribution in [0.1, 0.15) is 22.2 Å². The van der Waals surface area contributed by atoms with Gasteiger partial charge in [-0.1, -0.05) is 36.4 Å². The average Bonchev–Trinajstić information content (AvgIpc) is 3.04. The van der Waals surface area contributed by atoms with Crippen LogP contribution in [0.25, 0.3) is 0 Å². The van der Waals surface area contributed by atoms with Crippen LogP contribution in [0.5, 0.6) is 0 Å². The van der Waals surface area contributed by atoms with Gasteiger partial charge >= 0.3 is 0 Å². The van der Waals surface area contributed by atoms with Gasteiger partial charge in [-0.05, 0) is 36.8 Å². The summed E-state index contributed by atoms with van der Waals surface area (Å²) in [5.74, 6) is 0. The molecule has 0 aliphatic heterocycles. The molecule has 0 amide bonds. The highest BCUT2D eigenvalue weighted by molar-refractivity contribution is 7.91. The highest BCUT2D eigenvalue weighted by Crippen LogP contribution is 2.33. The van der Waals surface area contributed by atoms with E-state index in [-0.39, 0.29) is 0 Å². The predicted octanol–water partition coefficient (Wildman–Crippen LogP) is 3.86. The summed E-state index contributed by atoms with van der Waals surface area (Å²) in [6.07, 6.45) is 1.68. The van der Waals surface area contributed by atoms with Crippen molar-refractivity contribution in [1.82, 2.24) is 9.29 Å².